The lowest BCUT2D eigenvalue weighted by molar-refractivity contribution is -0.384. The van der Waals surface area contributed by atoms with Crippen LogP contribution in [0.4, 0.5) is 5.69 Å². The number of aryl methyl sites for hydroxylation is 1. The van der Waals surface area contributed by atoms with Crippen LogP contribution in [-0.4, -0.2) is 19.7 Å². The number of rotatable bonds is 2. The number of nitro groups is 1. The Hall–Kier alpha value is -2.02. The Labute approximate surface area is 121 Å². The molecule has 6 nitrogen and oxygen atoms in total. The minimum atomic E-state index is -0.411. The molecule has 2 rings (SSSR count). The number of non-ortho nitro benzene ring substituents is 1. The van der Waals surface area contributed by atoms with Gasteiger partial charge in [-0.1, -0.05) is 6.07 Å². The second-order valence-electron chi connectivity index (χ2n) is 5.61. The molecule has 0 amide bonds. The highest BCUT2D eigenvalue weighted by molar-refractivity contribution is 7.71. The molecule has 0 radical (unpaired) electrons. The van der Waals surface area contributed by atoms with Gasteiger partial charge in [0.1, 0.15) is 0 Å². The number of H-pyrrole nitrogens is 1. The zero-order valence-corrected chi connectivity index (χ0v) is 12.6. The van der Waals surface area contributed by atoms with E-state index in [1.54, 1.807) is 6.07 Å². The summed E-state index contributed by atoms with van der Waals surface area (Å²) >= 11 is 5.26. The molecule has 0 saturated heterocycles. The summed E-state index contributed by atoms with van der Waals surface area (Å²) in [5, 5.41) is 17.9. The minimum absolute atomic E-state index is 0.0416. The van der Waals surface area contributed by atoms with Gasteiger partial charge in [0.25, 0.3) is 5.69 Å². The van der Waals surface area contributed by atoms with Crippen LogP contribution in [0, 0.1) is 21.8 Å². The van der Waals surface area contributed by atoms with Crippen molar-refractivity contribution in [1.82, 2.24) is 14.8 Å². The molecule has 0 aliphatic carbocycles. The molecule has 1 aromatic heterocycles. The molecule has 0 bridgehead atoms. The third-order valence-electron chi connectivity index (χ3n) is 3.02. The number of benzene rings is 1. The second kappa shape index (κ2) is 4.82. The summed E-state index contributed by atoms with van der Waals surface area (Å²) in [6, 6.07) is 4.74. The largest absolute Gasteiger partial charge is 0.295 e. The van der Waals surface area contributed by atoms with Gasteiger partial charge in [-0.2, -0.15) is 5.10 Å². The van der Waals surface area contributed by atoms with Gasteiger partial charge < -0.3 is 0 Å². The molecule has 2 aromatic rings. The van der Waals surface area contributed by atoms with E-state index in [1.165, 1.54) is 12.1 Å². The van der Waals surface area contributed by atoms with Crippen LogP contribution in [0.2, 0.25) is 0 Å². The van der Waals surface area contributed by atoms with Crippen molar-refractivity contribution in [3.63, 3.8) is 0 Å². The third kappa shape index (κ3) is 2.49. The summed E-state index contributed by atoms with van der Waals surface area (Å²) in [6.07, 6.45) is 0. The van der Waals surface area contributed by atoms with E-state index in [2.05, 4.69) is 10.2 Å². The first-order valence-corrected chi connectivity index (χ1v) is 6.56. The van der Waals surface area contributed by atoms with Crippen molar-refractivity contribution in [3.05, 3.63) is 38.6 Å². The molecule has 0 unspecified atom stereocenters. The molecule has 1 N–H and O–H groups in total. The van der Waals surface area contributed by atoms with Gasteiger partial charge in [0.15, 0.2) is 10.6 Å². The fourth-order valence-electron chi connectivity index (χ4n) is 2.06. The van der Waals surface area contributed by atoms with Crippen LogP contribution < -0.4 is 0 Å². The van der Waals surface area contributed by atoms with Crippen molar-refractivity contribution in [2.75, 3.05) is 0 Å². The zero-order chi connectivity index (χ0) is 15.1. The Morgan fingerprint density at radius 3 is 2.60 bits per heavy atom. The number of nitrogens with zero attached hydrogens (tertiary/aromatic N) is 3. The maximum atomic E-state index is 10.9. The van der Waals surface area contributed by atoms with Gasteiger partial charge in [-0.3, -0.25) is 19.8 Å². The van der Waals surface area contributed by atoms with E-state index in [-0.39, 0.29) is 11.2 Å². The highest BCUT2D eigenvalue weighted by atomic mass is 32.1. The highest BCUT2D eigenvalue weighted by Gasteiger charge is 2.22. The van der Waals surface area contributed by atoms with E-state index < -0.39 is 4.92 Å². The number of nitro benzene ring substituents is 1. The molecular formula is C13H16N4O2S. The summed E-state index contributed by atoms with van der Waals surface area (Å²) in [7, 11) is 0. The van der Waals surface area contributed by atoms with Crippen LogP contribution in [0.3, 0.4) is 0 Å². The minimum Gasteiger partial charge on any atom is -0.295 e. The fraction of sp³-hybridized carbons (Fsp3) is 0.385. The van der Waals surface area contributed by atoms with E-state index in [9.17, 15) is 10.1 Å². The average Bonchev–Trinajstić information content (AvgIpc) is 2.71. The molecule has 0 fully saturated rings. The fourth-order valence-corrected chi connectivity index (χ4v) is 2.47. The van der Waals surface area contributed by atoms with Crippen LogP contribution in [0.1, 0.15) is 26.3 Å². The maximum absolute atomic E-state index is 10.9. The lowest BCUT2D eigenvalue weighted by Crippen LogP contribution is -2.23. The van der Waals surface area contributed by atoms with Crippen LogP contribution in [0.5, 0.6) is 0 Å². The van der Waals surface area contributed by atoms with E-state index in [4.69, 9.17) is 12.2 Å². The van der Waals surface area contributed by atoms with Crippen molar-refractivity contribution in [2.45, 2.75) is 33.2 Å². The zero-order valence-electron chi connectivity index (χ0n) is 11.8. The van der Waals surface area contributed by atoms with E-state index in [0.29, 0.717) is 16.2 Å². The third-order valence-corrected chi connectivity index (χ3v) is 3.29. The molecule has 1 heterocycles. The van der Waals surface area contributed by atoms with Crippen LogP contribution in [0.15, 0.2) is 18.2 Å². The molecule has 0 spiro atoms. The van der Waals surface area contributed by atoms with E-state index >= 15 is 0 Å². The molecule has 20 heavy (non-hydrogen) atoms. The first kappa shape index (κ1) is 14.4. The normalized spacial score (nSPS) is 11.6. The smallest absolute Gasteiger partial charge is 0.270 e. The summed E-state index contributed by atoms with van der Waals surface area (Å²) in [5.74, 6) is 0.615. The molecule has 106 valence electrons. The number of aromatic amines is 1. The number of hydrogen-bond acceptors (Lipinski definition) is 4. The predicted octanol–water partition coefficient (Wildman–Crippen LogP) is 3.58. The van der Waals surface area contributed by atoms with Crippen molar-refractivity contribution in [1.29, 1.82) is 0 Å². The maximum Gasteiger partial charge on any atom is 0.270 e. The lowest BCUT2D eigenvalue weighted by atomic mass is 10.0. The molecular weight excluding hydrogens is 276 g/mol. The average molecular weight is 292 g/mol. The lowest BCUT2D eigenvalue weighted by Gasteiger charge is -2.23. The van der Waals surface area contributed by atoms with E-state index in [0.717, 1.165) is 5.56 Å². The molecule has 7 heteroatoms. The second-order valence-corrected chi connectivity index (χ2v) is 6.00. The summed E-state index contributed by atoms with van der Waals surface area (Å²) < 4.78 is 2.37. The Bertz CT molecular complexity index is 725. The number of hydrogen-bond donors (Lipinski definition) is 1. The summed E-state index contributed by atoms with van der Waals surface area (Å²) in [6.45, 7) is 7.92. The predicted molar refractivity (Wildman–Crippen MR) is 79.2 cm³/mol. The molecule has 0 aliphatic rings. The van der Waals surface area contributed by atoms with Gasteiger partial charge in [-0.25, -0.2) is 0 Å². The highest BCUT2D eigenvalue weighted by Crippen LogP contribution is 2.29. The monoisotopic (exact) mass is 292 g/mol. The van der Waals surface area contributed by atoms with Gasteiger partial charge in [-0.15, -0.1) is 0 Å². The van der Waals surface area contributed by atoms with E-state index in [1.807, 2.05) is 32.3 Å². The summed E-state index contributed by atoms with van der Waals surface area (Å²) in [5.41, 5.74) is 1.40. The first-order valence-electron chi connectivity index (χ1n) is 6.15. The van der Waals surface area contributed by atoms with Crippen LogP contribution in [-0.2, 0) is 5.54 Å². The van der Waals surface area contributed by atoms with Gasteiger partial charge in [0, 0.05) is 23.2 Å². The topological polar surface area (TPSA) is 76.8 Å². The standard InChI is InChI=1S/C13H16N4O2S/c1-8-5-6-9(17(18)19)7-10(8)11-14-15-12(20)16(11)13(2,3)4/h5-7H,1-4H3,(H,15,20). The van der Waals surface area contributed by atoms with Crippen molar-refractivity contribution >= 4 is 17.9 Å². The van der Waals surface area contributed by atoms with Crippen LogP contribution >= 0.6 is 12.2 Å². The van der Waals surface area contributed by atoms with Crippen LogP contribution in [0.25, 0.3) is 11.4 Å². The SMILES string of the molecule is Cc1ccc([N+](=O)[O-])cc1-c1n[nH]c(=S)n1C(C)(C)C. The molecule has 0 saturated carbocycles. The van der Waals surface area contributed by atoms with Gasteiger partial charge in [0.05, 0.1) is 4.92 Å². The Kier molecular flexibility index (Phi) is 3.47. The van der Waals surface area contributed by atoms with Crippen molar-refractivity contribution in [2.24, 2.45) is 0 Å². The Balaban J connectivity index is 2.73. The Morgan fingerprint density at radius 1 is 1.40 bits per heavy atom. The molecule has 1 aromatic carbocycles. The van der Waals surface area contributed by atoms with Crippen molar-refractivity contribution < 1.29 is 4.92 Å². The summed E-state index contributed by atoms with van der Waals surface area (Å²) in [4.78, 5) is 10.5. The Morgan fingerprint density at radius 2 is 2.05 bits per heavy atom. The van der Waals surface area contributed by atoms with Gasteiger partial charge >= 0.3 is 0 Å². The van der Waals surface area contributed by atoms with Gasteiger partial charge in [-0.05, 0) is 45.5 Å². The van der Waals surface area contributed by atoms with Gasteiger partial charge in [0.2, 0.25) is 0 Å². The quantitative estimate of drug-likeness (QED) is 0.521. The molecule has 0 atom stereocenters. The number of nitrogens with one attached hydrogen (secondary N) is 1. The van der Waals surface area contributed by atoms with Crippen molar-refractivity contribution in [3.8, 4) is 11.4 Å². The molecule has 0 aliphatic heterocycles. The first-order chi connectivity index (χ1) is 9.21. The number of aromatic nitrogens is 3.